The van der Waals surface area contributed by atoms with Gasteiger partial charge >= 0.3 is 0 Å². The van der Waals surface area contributed by atoms with Gasteiger partial charge < -0.3 is 14.6 Å². The lowest BCUT2D eigenvalue weighted by Gasteiger charge is -2.20. The van der Waals surface area contributed by atoms with E-state index in [-0.39, 0.29) is 0 Å². The molecule has 0 bridgehead atoms. The van der Waals surface area contributed by atoms with Crippen molar-refractivity contribution in [2.24, 2.45) is 0 Å². The van der Waals surface area contributed by atoms with Crippen molar-refractivity contribution < 1.29 is 14.6 Å². The summed E-state index contributed by atoms with van der Waals surface area (Å²) in [7, 11) is 3.18. The van der Waals surface area contributed by atoms with Gasteiger partial charge in [0.15, 0.2) is 0 Å². The molecule has 0 spiro atoms. The van der Waals surface area contributed by atoms with Crippen LogP contribution in [0, 0.1) is 13.8 Å². The van der Waals surface area contributed by atoms with Crippen LogP contribution in [0.4, 0.5) is 0 Å². The predicted octanol–water partition coefficient (Wildman–Crippen LogP) is 3.40. The van der Waals surface area contributed by atoms with Crippen LogP contribution in [0.5, 0.6) is 11.5 Å². The first-order chi connectivity index (χ1) is 9.60. The molecule has 20 heavy (non-hydrogen) atoms. The van der Waals surface area contributed by atoms with Crippen LogP contribution in [0.1, 0.15) is 28.4 Å². The van der Waals surface area contributed by atoms with E-state index in [4.69, 9.17) is 9.47 Å². The molecule has 0 heterocycles. The Bertz CT molecular complexity index is 583. The van der Waals surface area contributed by atoms with E-state index >= 15 is 0 Å². The Morgan fingerprint density at radius 3 is 2.00 bits per heavy atom. The minimum Gasteiger partial charge on any atom is -0.496 e. The molecule has 0 aromatic heterocycles. The fourth-order valence-corrected chi connectivity index (χ4v) is 2.37. The summed E-state index contributed by atoms with van der Waals surface area (Å²) in [6, 6.07) is 11.4. The number of ether oxygens (including phenoxy) is 2. The number of aryl methyl sites for hydroxylation is 1. The third-order valence-electron chi connectivity index (χ3n) is 3.68. The predicted molar refractivity (Wildman–Crippen MR) is 79.5 cm³/mol. The van der Waals surface area contributed by atoms with Crippen molar-refractivity contribution in [3.63, 3.8) is 0 Å². The number of rotatable bonds is 4. The lowest BCUT2D eigenvalue weighted by Crippen LogP contribution is -2.07. The van der Waals surface area contributed by atoms with E-state index < -0.39 is 6.10 Å². The Morgan fingerprint density at radius 2 is 1.45 bits per heavy atom. The van der Waals surface area contributed by atoms with Gasteiger partial charge in [-0.2, -0.15) is 0 Å². The van der Waals surface area contributed by atoms with Crippen molar-refractivity contribution in [3.8, 4) is 11.5 Å². The summed E-state index contributed by atoms with van der Waals surface area (Å²) in [5, 5.41) is 10.8. The van der Waals surface area contributed by atoms with Crippen LogP contribution in [0.2, 0.25) is 0 Å². The molecule has 1 atom stereocenters. The van der Waals surface area contributed by atoms with Crippen LogP contribution in [-0.2, 0) is 0 Å². The summed E-state index contributed by atoms with van der Waals surface area (Å²) in [4.78, 5) is 0. The zero-order valence-corrected chi connectivity index (χ0v) is 12.3. The van der Waals surface area contributed by atoms with E-state index in [1.807, 2.05) is 50.2 Å². The molecule has 2 rings (SSSR count). The largest absolute Gasteiger partial charge is 0.496 e. The van der Waals surface area contributed by atoms with Gasteiger partial charge in [-0.15, -0.1) is 0 Å². The molecule has 3 nitrogen and oxygen atoms in total. The zero-order valence-electron chi connectivity index (χ0n) is 12.3. The van der Waals surface area contributed by atoms with E-state index in [9.17, 15) is 5.11 Å². The van der Waals surface area contributed by atoms with Crippen molar-refractivity contribution in [3.05, 3.63) is 58.7 Å². The highest BCUT2D eigenvalue weighted by molar-refractivity contribution is 5.51. The van der Waals surface area contributed by atoms with Crippen molar-refractivity contribution >= 4 is 0 Å². The molecule has 0 fully saturated rings. The second-order valence-corrected chi connectivity index (χ2v) is 4.77. The van der Waals surface area contributed by atoms with Gasteiger partial charge in [-0.25, -0.2) is 0 Å². The Hall–Kier alpha value is -2.00. The summed E-state index contributed by atoms with van der Waals surface area (Å²) in [5.74, 6) is 1.25. The van der Waals surface area contributed by atoms with Gasteiger partial charge in [-0.05, 0) is 42.7 Å². The van der Waals surface area contributed by atoms with E-state index in [1.165, 1.54) is 0 Å². The first-order valence-electron chi connectivity index (χ1n) is 6.55. The van der Waals surface area contributed by atoms with Crippen LogP contribution in [0.15, 0.2) is 36.4 Å². The van der Waals surface area contributed by atoms with Crippen LogP contribution in [0.3, 0.4) is 0 Å². The molecule has 2 aromatic carbocycles. The maximum atomic E-state index is 10.8. The quantitative estimate of drug-likeness (QED) is 0.927. The highest BCUT2D eigenvalue weighted by Gasteiger charge is 2.22. The number of methoxy groups -OCH3 is 2. The second-order valence-electron chi connectivity index (χ2n) is 4.77. The smallest absolute Gasteiger partial charge is 0.128 e. The Labute approximate surface area is 119 Å². The summed E-state index contributed by atoms with van der Waals surface area (Å²) in [5.41, 5.74) is 3.75. The van der Waals surface area contributed by atoms with Gasteiger partial charge in [0.2, 0.25) is 0 Å². The van der Waals surface area contributed by atoms with Gasteiger partial charge in [0.05, 0.1) is 19.8 Å². The number of aliphatic hydroxyl groups excluding tert-OH is 1. The van der Waals surface area contributed by atoms with E-state index in [0.29, 0.717) is 17.1 Å². The fourth-order valence-electron chi connectivity index (χ4n) is 2.37. The maximum absolute atomic E-state index is 10.8. The Morgan fingerprint density at radius 1 is 0.900 bits per heavy atom. The Kier molecular flexibility index (Phi) is 4.30. The molecule has 0 saturated carbocycles. The highest BCUT2D eigenvalue weighted by atomic mass is 16.5. The van der Waals surface area contributed by atoms with Crippen LogP contribution >= 0.6 is 0 Å². The van der Waals surface area contributed by atoms with Gasteiger partial charge in [-0.3, -0.25) is 0 Å². The van der Waals surface area contributed by atoms with Crippen molar-refractivity contribution in [1.29, 1.82) is 0 Å². The molecule has 2 aromatic rings. The molecule has 1 unspecified atom stereocenters. The van der Waals surface area contributed by atoms with Crippen LogP contribution in [-0.4, -0.2) is 19.3 Å². The molecule has 3 heteroatoms. The number of aliphatic hydroxyl groups is 1. The van der Waals surface area contributed by atoms with Crippen molar-refractivity contribution in [1.82, 2.24) is 0 Å². The van der Waals surface area contributed by atoms with Crippen LogP contribution in [0.25, 0.3) is 0 Å². The van der Waals surface area contributed by atoms with Crippen molar-refractivity contribution in [2.75, 3.05) is 14.2 Å². The lowest BCUT2D eigenvalue weighted by atomic mass is 9.94. The van der Waals surface area contributed by atoms with Gasteiger partial charge in [-0.1, -0.05) is 24.3 Å². The summed E-state index contributed by atoms with van der Waals surface area (Å²) < 4.78 is 10.7. The van der Waals surface area contributed by atoms with Crippen molar-refractivity contribution in [2.45, 2.75) is 20.0 Å². The molecule has 0 saturated heterocycles. The van der Waals surface area contributed by atoms with E-state index in [0.717, 1.165) is 16.7 Å². The standard InChI is InChI=1S/C17H20O3/c1-11-7-5-8-13(12(11)2)17(18)16-14(19-3)9-6-10-15(16)20-4/h5-10,17-18H,1-4H3. The average molecular weight is 272 g/mol. The van der Waals surface area contributed by atoms with Gasteiger partial charge in [0.25, 0.3) is 0 Å². The summed E-state index contributed by atoms with van der Waals surface area (Å²) in [6.45, 7) is 4.04. The monoisotopic (exact) mass is 272 g/mol. The molecular weight excluding hydrogens is 252 g/mol. The molecule has 0 aliphatic rings. The van der Waals surface area contributed by atoms with Crippen LogP contribution < -0.4 is 9.47 Å². The lowest BCUT2D eigenvalue weighted by molar-refractivity contribution is 0.208. The minimum absolute atomic E-state index is 0.623. The van der Waals surface area contributed by atoms with Gasteiger partial charge in [0, 0.05) is 0 Å². The number of hydrogen-bond acceptors (Lipinski definition) is 3. The molecule has 0 amide bonds. The van der Waals surface area contributed by atoms with E-state index in [1.54, 1.807) is 14.2 Å². The summed E-state index contributed by atoms with van der Waals surface area (Å²) in [6.07, 6.45) is -0.777. The topological polar surface area (TPSA) is 38.7 Å². The first-order valence-corrected chi connectivity index (χ1v) is 6.55. The third-order valence-corrected chi connectivity index (χ3v) is 3.68. The normalized spacial score (nSPS) is 12.1. The Balaban J connectivity index is 2.58. The zero-order chi connectivity index (χ0) is 14.7. The second kappa shape index (κ2) is 5.97. The SMILES string of the molecule is COc1cccc(OC)c1C(O)c1cccc(C)c1C. The first kappa shape index (κ1) is 14.4. The molecule has 0 radical (unpaired) electrons. The minimum atomic E-state index is -0.777. The third kappa shape index (κ3) is 2.49. The molecule has 0 aliphatic heterocycles. The summed E-state index contributed by atoms with van der Waals surface area (Å²) >= 11 is 0. The number of hydrogen-bond donors (Lipinski definition) is 1. The highest BCUT2D eigenvalue weighted by Crippen LogP contribution is 2.38. The number of benzene rings is 2. The molecule has 106 valence electrons. The molecule has 0 aliphatic carbocycles. The fraction of sp³-hybridized carbons (Fsp3) is 0.294. The molecular formula is C17H20O3. The van der Waals surface area contributed by atoms with E-state index in [2.05, 4.69) is 0 Å². The van der Waals surface area contributed by atoms with Gasteiger partial charge in [0.1, 0.15) is 17.6 Å². The molecule has 1 N–H and O–H groups in total. The maximum Gasteiger partial charge on any atom is 0.128 e. The average Bonchev–Trinajstić information content (AvgIpc) is 2.48.